The highest BCUT2D eigenvalue weighted by Gasteiger charge is 2.56. The summed E-state index contributed by atoms with van der Waals surface area (Å²) in [4.78, 5) is 28.5. The number of halogens is 3. The van der Waals surface area contributed by atoms with Crippen molar-refractivity contribution in [2.75, 3.05) is 6.26 Å². The van der Waals surface area contributed by atoms with Crippen molar-refractivity contribution in [3.8, 4) is 0 Å². The van der Waals surface area contributed by atoms with E-state index in [1.54, 1.807) is 23.1 Å². The summed E-state index contributed by atoms with van der Waals surface area (Å²) in [7, 11) is -3.00. The van der Waals surface area contributed by atoms with Gasteiger partial charge in [-0.25, -0.2) is 17.8 Å². The van der Waals surface area contributed by atoms with Gasteiger partial charge < -0.3 is 10.2 Å². The summed E-state index contributed by atoms with van der Waals surface area (Å²) < 4.78 is 48.6. The zero-order chi connectivity index (χ0) is 24.4. The molecule has 1 heterocycles. The van der Waals surface area contributed by atoms with E-state index in [-0.39, 0.29) is 44.8 Å². The molecule has 180 valence electrons. The number of carbonyl (C=O) groups is 2. The smallest absolute Gasteiger partial charge is 0.254 e. The largest absolute Gasteiger partial charge is 0.347 e. The number of fused-ring (bicyclic) bond motifs is 1. The van der Waals surface area contributed by atoms with Gasteiger partial charge in [0.25, 0.3) is 5.91 Å². The summed E-state index contributed by atoms with van der Waals surface area (Å²) in [6.45, 7) is 0. The minimum Gasteiger partial charge on any atom is -0.347 e. The van der Waals surface area contributed by atoms with Crippen LogP contribution in [0, 0.1) is 28.2 Å². The molecule has 0 aromatic heterocycles. The van der Waals surface area contributed by atoms with Crippen LogP contribution in [0.3, 0.4) is 0 Å². The average Bonchev–Trinajstić information content (AvgIpc) is 3.72. The van der Waals surface area contributed by atoms with E-state index in [1.165, 1.54) is 12.3 Å². The maximum absolute atomic E-state index is 14.6. The van der Waals surface area contributed by atoms with Gasteiger partial charge in [-0.1, -0.05) is 17.7 Å². The molecular weight excluding hydrogens is 484 g/mol. The molecule has 5 atom stereocenters. The molecule has 2 aromatic carbocycles. The van der Waals surface area contributed by atoms with E-state index < -0.39 is 39.4 Å². The molecule has 2 saturated carbocycles. The van der Waals surface area contributed by atoms with Gasteiger partial charge in [-0.2, -0.15) is 0 Å². The van der Waals surface area contributed by atoms with E-state index in [9.17, 15) is 22.6 Å². The number of amides is 2. The zero-order valence-corrected chi connectivity index (χ0v) is 20.0. The van der Waals surface area contributed by atoms with Crippen LogP contribution in [-0.4, -0.2) is 39.3 Å². The van der Waals surface area contributed by atoms with Crippen molar-refractivity contribution < 1.29 is 22.6 Å². The number of nitrogens with zero attached hydrogens (tertiary/aromatic N) is 1. The lowest BCUT2D eigenvalue weighted by Gasteiger charge is -2.29. The van der Waals surface area contributed by atoms with Crippen LogP contribution < -0.4 is 5.32 Å². The number of likely N-dealkylation sites (tertiary alicyclic amines) is 1. The fourth-order valence-corrected chi connectivity index (χ4v) is 5.75. The topological polar surface area (TPSA) is 90.3 Å². The van der Waals surface area contributed by atoms with E-state index >= 15 is 0 Å². The molecule has 6 nitrogen and oxygen atoms in total. The van der Waals surface area contributed by atoms with E-state index in [1.807, 2.05) is 0 Å². The van der Waals surface area contributed by atoms with Crippen LogP contribution in [0.25, 0.3) is 0 Å². The highest BCUT2D eigenvalue weighted by atomic mass is 35.5. The van der Waals surface area contributed by atoms with Crippen LogP contribution in [-0.2, 0) is 14.5 Å². The van der Waals surface area contributed by atoms with Gasteiger partial charge in [-0.3, -0.25) is 9.59 Å². The van der Waals surface area contributed by atoms with Crippen molar-refractivity contribution in [3.63, 3.8) is 0 Å². The number of benzene rings is 2. The quantitative estimate of drug-likeness (QED) is 0.563. The summed E-state index contributed by atoms with van der Waals surface area (Å²) in [5.74, 6) is -1.98. The fraction of sp³-hybridized carbons (Fsp3) is 0.417. The average molecular weight is 508 g/mol. The highest BCUT2D eigenvalue weighted by Crippen LogP contribution is 2.49. The second kappa shape index (κ2) is 8.30. The van der Waals surface area contributed by atoms with Crippen LogP contribution in [0.15, 0.2) is 41.3 Å². The molecule has 2 N–H and O–H groups in total. The Morgan fingerprint density at radius 3 is 2.59 bits per heavy atom. The predicted molar refractivity (Wildman–Crippen MR) is 123 cm³/mol. The fourth-order valence-electron chi connectivity index (χ4n) is 4.91. The summed E-state index contributed by atoms with van der Waals surface area (Å²) in [6.07, 6.45) is 4.16. The van der Waals surface area contributed by atoms with Gasteiger partial charge in [0.15, 0.2) is 0 Å². The van der Waals surface area contributed by atoms with Gasteiger partial charge in [0.05, 0.1) is 20.8 Å². The van der Waals surface area contributed by atoms with E-state index in [4.69, 9.17) is 16.4 Å². The lowest BCUT2D eigenvalue weighted by Crippen LogP contribution is -2.49. The number of piperidine rings is 1. The van der Waals surface area contributed by atoms with Crippen LogP contribution >= 0.6 is 11.6 Å². The number of rotatable bonds is 6. The van der Waals surface area contributed by atoms with Gasteiger partial charge >= 0.3 is 0 Å². The van der Waals surface area contributed by atoms with Crippen LogP contribution in [0.5, 0.6) is 0 Å². The third-order valence-corrected chi connectivity index (χ3v) is 8.38. The first-order valence-corrected chi connectivity index (χ1v) is 13.5. The van der Waals surface area contributed by atoms with Gasteiger partial charge in [0.1, 0.15) is 17.7 Å². The predicted octanol–water partition coefficient (Wildman–Crippen LogP) is 4.52. The minimum absolute atomic E-state index is 0.00874. The number of hydrogen-bond acceptors (Lipinski definition) is 4. The molecule has 1 aliphatic heterocycles. The van der Waals surface area contributed by atoms with Gasteiger partial charge in [0, 0.05) is 28.3 Å². The molecule has 2 aliphatic carbocycles. The minimum atomic E-state index is -3.00. The normalized spacial score (nSPS) is 25.9. The van der Waals surface area contributed by atoms with Crippen LogP contribution in [0.4, 0.5) is 8.78 Å². The molecule has 1 saturated heterocycles. The number of hydrogen-bond donors (Lipinski definition) is 2. The first kappa shape index (κ1) is 23.2. The summed E-state index contributed by atoms with van der Waals surface area (Å²) in [5.41, 5.74) is 0.328. The number of carbonyl (C=O) groups excluding carboxylic acids is 2. The second-order valence-corrected chi connectivity index (χ2v) is 12.1. The SMILES string of the molecule is CS(=N)(=O)c1cccc(C(=O)N2[C@@H](C(=O)N[C@@H](c3cc(F)c(Cl)cc3F)C3CC3)C[C@H]3C[C@H]32)c1. The Morgan fingerprint density at radius 1 is 1.18 bits per heavy atom. The molecule has 2 aromatic rings. The molecule has 5 rings (SSSR count). The first-order chi connectivity index (χ1) is 16.0. The Kier molecular flexibility index (Phi) is 5.67. The summed E-state index contributed by atoms with van der Waals surface area (Å²) in [5, 5.41) is 2.56. The molecular formula is C24H24ClF2N3O3S. The lowest BCUT2D eigenvalue weighted by atomic mass is 10.00. The van der Waals surface area contributed by atoms with Gasteiger partial charge in [-0.05, 0) is 67.9 Å². The Balaban J connectivity index is 1.40. The molecule has 34 heavy (non-hydrogen) atoms. The van der Waals surface area contributed by atoms with Crippen molar-refractivity contribution in [3.05, 3.63) is 64.2 Å². The molecule has 3 aliphatic rings. The van der Waals surface area contributed by atoms with Crippen LogP contribution in [0.2, 0.25) is 5.02 Å². The third kappa shape index (κ3) is 4.31. The summed E-state index contributed by atoms with van der Waals surface area (Å²) in [6, 6.07) is 6.61. The lowest BCUT2D eigenvalue weighted by molar-refractivity contribution is -0.126. The van der Waals surface area contributed by atoms with Crippen molar-refractivity contribution in [2.24, 2.45) is 11.8 Å². The Hall–Kier alpha value is -2.52. The zero-order valence-electron chi connectivity index (χ0n) is 18.4. The molecule has 1 unspecified atom stereocenters. The Bertz CT molecular complexity index is 1300. The van der Waals surface area contributed by atoms with Crippen molar-refractivity contribution in [1.82, 2.24) is 10.2 Å². The van der Waals surface area contributed by atoms with E-state index in [2.05, 4.69) is 5.32 Å². The monoisotopic (exact) mass is 507 g/mol. The van der Waals surface area contributed by atoms with Gasteiger partial charge in [0.2, 0.25) is 5.91 Å². The summed E-state index contributed by atoms with van der Waals surface area (Å²) >= 11 is 5.69. The first-order valence-electron chi connectivity index (χ1n) is 11.2. The second-order valence-electron chi connectivity index (χ2n) is 9.51. The van der Waals surface area contributed by atoms with Gasteiger partial charge in [-0.15, -0.1) is 0 Å². The standard InChI is InChI=1S/C24H24ClF2N3O3S/c1-34(28,33)15-4-2-3-13(7-15)24(32)30-20-8-14(20)9-21(30)23(31)29-22(12-5-6-12)16-10-19(27)17(25)11-18(16)26/h2-4,7,10-12,14,20-22,28H,5-6,8-9H2,1H3,(H,29,31)/t14-,20-,21-,22-,34?/m1/s1. The van der Waals surface area contributed by atoms with Crippen molar-refractivity contribution >= 4 is 33.1 Å². The Morgan fingerprint density at radius 2 is 1.91 bits per heavy atom. The molecule has 2 amide bonds. The number of nitrogens with one attached hydrogen (secondary N) is 2. The molecule has 10 heteroatoms. The van der Waals surface area contributed by atoms with E-state index in [0.29, 0.717) is 6.42 Å². The van der Waals surface area contributed by atoms with E-state index in [0.717, 1.165) is 31.4 Å². The highest BCUT2D eigenvalue weighted by molar-refractivity contribution is 7.91. The molecule has 3 fully saturated rings. The Labute approximate surface area is 201 Å². The molecule has 0 spiro atoms. The van der Waals surface area contributed by atoms with Crippen molar-refractivity contribution in [1.29, 1.82) is 4.78 Å². The van der Waals surface area contributed by atoms with Crippen LogP contribution in [0.1, 0.15) is 47.6 Å². The maximum atomic E-state index is 14.6. The van der Waals surface area contributed by atoms with Crippen molar-refractivity contribution in [2.45, 2.75) is 48.7 Å². The molecule has 0 radical (unpaired) electrons. The molecule has 0 bridgehead atoms. The third-order valence-electron chi connectivity index (χ3n) is 6.94. The maximum Gasteiger partial charge on any atom is 0.254 e.